The number of ether oxygens (including phenoxy) is 2. The van der Waals surface area contributed by atoms with Gasteiger partial charge in [-0.1, -0.05) is 42.0 Å². The van der Waals surface area contributed by atoms with Crippen molar-refractivity contribution in [1.29, 1.82) is 0 Å². The molecule has 0 atom stereocenters. The molecule has 0 amide bonds. The van der Waals surface area contributed by atoms with E-state index in [1.54, 1.807) is 14.2 Å². The van der Waals surface area contributed by atoms with Crippen LogP contribution < -0.4 is 9.47 Å². The van der Waals surface area contributed by atoms with E-state index in [4.69, 9.17) is 9.47 Å². The lowest BCUT2D eigenvalue weighted by Gasteiger charge is -2.13. The highest BCUT2D eigenvalue weighted by Crippen LogP contribution is 2.40. The van der Waals surface area contributed by atoms with E-state index in [0.717, 1.165) is 21.3 Å². The summed E-state index contributed by atoms with van der Waals surface area (Å²) in [6.45, 7) is 2.11. The van der Waals surface area contributed by atoms with Crippen LogP contribution in [0.25, 0.3) is 0 Å². The Morgan fingerprint density at radius 1 is 0.625 bits per heavy atom. The van der Waals surface area contributed by atoms with Gasteiger partial charge in [0.15, 0.2) is 16.4 Å². The van der Waals surface area contributed by atoms with Crippen LogP contribution in [0.15, 0.2) is 87.5 Å². The summed E-state index contributed by atoms with van der Waals surface area (Å²) in [7, 11) is 3.14. The molecule has 0 aliphatic heterocycles. The molecule has 3 heteroatoms. The minimum atomic E-state index is -0.296. The lowest BCUT2D eigenvalue weighted by Crippen LogP contribution is -2.08. The van der Waals surface area contributed by atoms with Crippen LogP contribution in [0, 0.1) is 6.92 Å². The van der Waals surface area contributed by atoms with E-state index < -0.39 is 0 Å². The van der Waals surface area contributed by atoms with Gasteiger partial charge in [0.1, 0.15) is 10.9 Å². The first kappa shape index (κ1) is 16.5. The van der Waals surface area contributed by atoms with Crippen LogP contribution in [0.5, 0.6) is 11.5 Å². The molecule has 3 aromatic rings. The van der Waals surface area contributed by atoms with Gasteiger partial charge in [-0.05, 0) is 43.3 Å². The molecular weight excluding hydrogens is 316 g/mol. The lowest BCUT2D eigenvalue weighted by molar-refractivity contribution is 0.402. The summed E-state index contributed by atoms with van der Waals surface area (Å²) in [6.07, 6.45) is 0. The second-order valence-electron chi connectivity index (χ2n) is 5.42. The summed E-state index contributed by atoms with van der Waals surface area (Å²) >= 11 is 0. The normalized spacial score (nSPS) is 10.7. The maximum absolute atomic E-state index is 5.63. The van der Waals surface area contributed by atoms with Crippen molar-refractivity contribution in [2.45, 2.75) is 21.6 Å². The molecule has 3 aromatic carbocycles. The van der Waals surface area contributed by atoms with E-state index in [0.29, 0.717) is 0 Å². The molecule has 24 heavy (non-hydrogen) atoms. The summed E-state index contributed by atoms with van der Waals surface area (Å²) in [5, 5.41) is 0. The molecule has 0 aliphatic carbocycles. The van der Waals surface area contributed by atoms with Crippen molar-refractivity contribution in [1.82, 2.24) is 0 Å². The Kier molecular flexibility index (Phi) is 5.11. The second-order valence-corrected chi connectivity index (χ2v) is 7.38. The van der Waals surface area contributed by atoms with E-state index in [2.05, 4.69) is 55.5 Å². The molecule has 0 radical (unpaired) electrons. The SMILES string of the molecule is COc1ccccc1[S+](c1ccc(C)cc1)c1ccccc1OC. The number of hydrogen-bond donors (Lipinski definition) is 0. The van der Waals surface area contributed by atoms with Gasteiger partial charge in [0.25, 0.3) is 0 Å². The van der Waals surface area contributed by atoms with Crippen LogP contribution >= 0.6 is 0 Å². The van der Waals surface area contributed by atoms with Crippen LogP contribution in [-0.4, -0.2) is 14.2 Å². The second kappa shape index (κ2) is 7.45. The number of para-hydroxylation sites is 2. The molecule has 0 heterocycles. The number of hydrogen-bond acceptors (Lipinski definition) is 2. The maximum atomic E-state index is 5.63. The standard InChI is InChI=1S/C21H21O2S/c1-16-12-14-17(15-13-16)24(20-10-6-4-8-18(20)22-2)21-11-7-5-9-19(21)23-3/h4-15H,1-3H3/q+1. The van der Waals surface area contributed by atoms with Crippen molar-refractivity contribution >= 4 is 10.9 Å². The number of aryl methyl sites for hydroxylation is 1. The molecule has 0 aromatic heterocycles. The van der Waals surface area contributed by atoms with Gasteiger partial charge in [-0.25, -0.2) is 0 Å². The predicted molar refractivity (Wildman–Crippen MR) is 99.3 cm³/mol. The molecule has 0 saturated carbocycles. The Bertz CT molecular complexity index is 765. The number of benzene rings is 3. The average Bonchev–Trinajstić information content (AvgIpc) is 2.64. The number of methoxy groups -OCH3 is 2. The highest BCUT2D eigenvalue weighted by atomic mass is 32.2. The van der Waals surface area contributed by atoms with E-state index in [1.807, 2.05) is 24.3 Å². The zero-order chi connectivity index (χ0) is 16.9. The summed E-state index contributed by atoms with van der Waals surface area (Å²) < 4.78 is 11.3. The van der Waals surface area contributed by atoms with Crippen molar-refractivity contribution in [2.24, 2.45) is 0 Å². The third-order valence-corrected chi connectivity index (χ3v) is 6.13. The van der Waals surface area contributed by atoms with Gasteiger partial charge in [0, 0.05) is 0 Å². The Labute approximate surface area is 146 Å². The van der Waals surface area contributed by atoms with Crippen molar-refractivity contribution in [3.63, 3.8) is 0 Å². The van der Waals surface area contributed by atoms with Crippen molar-refractivity contribution in [2.75, 3.05) is 14.2 Å². The molecule has 3 rings (SSSR count). The quantitative estimate of drug-likeness (QED) is 0.603. The average molecular weight is 337 g/mol. The highest BCUT2D eigenvalue weighted by Gasteiger charge is 2.34. The van der Waals surface area contributed by atoms with Crippen molar-refractivity contribution < 1.29 is 9.47 Å². The third kappa shape index (κ3) is 3.26. The molecule has 0 bridgehead atoms. The maximum Gasteiger partial charge on any atom is 0.208 e. The van der Waals surface area contributed by atoms with Crippen LogP contribution in [0.1, 0.15) is 5.56 Å². The minimum absolute atomic E-state index is 0.296. The fraction of sp³-hybridized carbons (Fsp3) is 0.143. The van der Waals surface area contributed by atoms with Gasteiger partial charge in [-0.15, -0.1) is 0 Å². The zero-order valence-corrected chi connectivity index (χ0v) is 15.0. The highest BCUT2D eigenvalue weighted by molar-refractivity contribution is 7.97. The van der Waals surface area contributed by atoms with Gasteiger partial charge >= 0.3 is 0 Å². The summed E-state index contributed by atoms with van der Waals surface area (Å²) in [5.41, 5.74) is 1.25. The Morgan fingerprint density at radius 3 is 1.54 bits per heavy atom. The summed E-state index contributed by atoms with van der Waals surface area (Å²) in [6, 6.07) is 25.1. The van der Waals surface area contributed by atoms with Gasteiger partial charge in [0.05, 0.1) is 14.2 Å². The monoisotopic (exact) mass is 337 g/mol. The van der Waals surface area contributed by atoms with Gasteiger partial charge in [-0.2, -0.15) is 0 Å². The number of rotatable bonds is 5. The summed E-state index contributed by atoms with van der Waals surface area (Å²) in [5.74, 6) is 1.79. The van der Waals surface area contributed by atoms with Crippen LogP contribution in [0.4, 0.5) is 0 Å². The fourth-order valence-corrected chi connectivity index (χ4v) is 4.91. The molecule has 122 valence electrons. The Balaban J connectivity index is 2.23. The zero-order valence-electron chi connectivity index (χ0n) is 14.2. The lowest BCUT2D eigenvalue weighted by atomic mass is 10.2. The Morgan fingerprint density at radius 2 is 1.08 bits per heavy atom. The molecule has 0 spiro atoms. The largest absolute Gasteiger partial charge is 0.491 e. The van der Waals surface area contributed by atoms with E-state index >= 15 is 0 Å². The molecule has 0 unspecified atom stereocenters. The van der Waals surface area contributed by atoms with Gasteiger partial charge in [-0.3, -0.25) is 0 Å². The van der Waals surface area contributed by atoms with Crippen molar-refractivity contribution in [3.8, 4) is 11.5 Å². The first-order valence-corrected chi connectivity index (χ1v) is 9.04. The molecule has 0 fully saturated rings. The minimum Gasteiger partial charge on any atom is -0.491 e. The third-order valence-electron chi connectivity index (χ3n) is 3.83. The molecule has 0 saturated heterocycles. The van der Waals surface area contributed by atoms with Crippen molar-refractivity contribution in [3.05, 3.63) is 78.4 Å². The first-order chi connectivity index (χ1) is 11.7. The van der Waals surface area contributed by atoms with Gasteiger partial charge in [0.2, 0.25) is 9.79 Å². The molecule has 0 N–H and O–H groups in total. The summed E-state index contributed by atoms with van der Waals surface area (Å²) in [4.78, 5) is 3.57. The smallest absolute Gasteiger partial charge is 0.208 e. The van der Waals surface area contributed by atoms with Crippen LogP contribution in [0.3, 0.4) is 0 Å². The topological polar surface area (TPSA) is 18.5 Å². The van der Waals surface area contributed by atoms with Crippen LogP contribution in [0.2, 0.25) is 0 Å². The van der Waals surface area contributed by atoms with Gasteiger partial charge < -0.3 is 9.47 Å². The van der Waals surface area contributed by atoms with Crippen LogP contribution in [-0.2, 0) is 10.9 Å². The first-order valence-electron chi connectivity index (χ1n) is 7.81. The van der Waals surface area contributed by atoms with E-state index in [9.17, 15) is 0 Å². The molecule has 0 aliphatic rings. The fourth-order valence-electron chi connectivity index (χ4n) is 2.62. The van der Waals surface area contributed by atoms with E-state index in [-0.39, 0.29) is 10.9 Å². The molecule has 2 nitrogen and oxygen atoms in total. The van der Waals surface area contributed by atoms with E-state index in [1.165, 1.54) is 10.5 Å². The Hall–Kier alpha value is -2.39. The predicted octanol–water partition coefficient (Wildman–Crippen LogP) is 5.11. The molecular formula is C21H21O2S+.